The first-order chi connectivity index (χ1) is 8.04. The lowest BCUT2D eigenvalue weighted by Gasteiger charge is -2.08. The molecule has 0 spiro atoms. The van der Waals surface area contributed by atoms with Crippen molar-refractivity contribution in [2.45, 2.75) is 26.8 Å². The van der Waals surface area contributed by atoms with Crippen LogP contribution in [0.25, 0.3) is 0 Å². The number of aliphatic carboxylic acids is 1. The van der Waals surface area contributed by atoms with E-state index in [1.165, 1.54) is 6.92 Å². The molecule has 1 aromatic rings. The molecular formula is C12H16N2O3. The summed E-state index contributed by atoms with van der Waals surface area (Å²) in [5, 5.41) is 11.2. The minimum atomic E-state index is -1.13. The van der Waals surface area contributed by atoms with Gasteiger partial charge < -0.3 is 10.4 Å². The van der Waals surface area contributed by atoms with Crippen molar-refractivity contribution in [3.05, 3.63) is 29.6 Å². The number of hydrogen-bond donors (Lipinski definition) is 2. The Kier molecular flexibility index (Phi) is 4.63. The van der Waals surface area contributed by atoms with Crippen LogP contribution in [0.4, 0.5) is 0 Å². The van der Waals surface area contributed by atoms with Crippen LogP contribution in [0, 0.1) is 5.92 Å². The third kappa shape index (κ3) is 3.86. The van der Waals surface area contributed by atoms with Crippen LogP contribution in [0.15, 0.2) is 18.3 Å². The van der Waals surface area contributed by atoms with Gasteiger partial charge in [0.2, 0.25) is 5.91 Å². The highest BCUT2D eigenvalue weighted by Gasteiger charge is 2.19. The maximum Gasteiger partial charge on any atom is 0.315 e. The fourth-order valence-electron chi connectivity index (χ4n) is 1.29. The molecule has 0 saturated carbocycles. The van der Waals surface area contributed by atoms with Crippen molar-refractivity contribution in [1.29, 1.82) is 0 Å². The second-order valence-corrected chi connectivity index (χ2v) is 3.79. The maximum absolute atomic E-state index is 11.4. The quantitative estimate of drug-likeness (QED) is 0.747. The van der Waals surface area contributed by atoms with Gasteiger partial charge in [-0.25, -0.2) is 0 Å². The molecule has 1 heterocycles. The van der Waals surface area contributed by atoms with Crippen LogP contribution in [-0.2, 0) is 22.6 Å². The fraction of sp³-hybridized carbons (Fsp3) is 0.417. The number of nitrogens with zero attached hydrogens (tertiary/aromatic N) is 1. The highest BCUT2D eigenvalue weighted by atomic mass is 16.4. The van der Waals surface area contributed by atoms with Crippen molar-refractivity contribution < 1.29 is 14.7 Å². The van der Waals surface area contributed by atoms with Gasteiger partial charge in [-0.3, -0.25) is 14.6 Å². The number of rotatable bonds is 5. The molecule has 0 fully saturated rings. The summed E-state index contributed by atoms with van der Waals surface area (Å²) >= 11 is 0. The lowest BCUT2D eigenvalue weighted by atomic mass is 10.1. The van der Waals surface area contributed by atoms with Gasteiger partial charge in [-0.15, -0.1) is 0 Å². The average Bonchev–Trinajstić information content (AvgIpc) is 2.35. The van der Waals surface area contributed by atoms with Gasteiger partial charge in [-0.2, -0.15) is 0 Å². The number of carbonyl (C=O) groups is 2. The first kappa shape index (κ1) is 13.2. The van der Waals surface area contributed by atoms with E-state index in [9.17, 15) is 9.59 Å². The van der Waals surface area contributed by atoms with Crippen molar-refractivity contribution in [2.24, 2.45) is 5.92 Å². The minimum Gasteiger partial charge on any atom is -0.481 e. The van der Waals surface area contributed by atoms with E-state index in [4.69, 9.17) is 5.11 Å². The van der Waals surface area contributed by atoms with Crippen LogP contribution in [0.1, 0.15) is 25.1 Å². The molecule has 17 heavy (non-hydrogen) atoms. The van der Waals surface area contributed by atoms with E-state index >= 15 is 0 Å². The smallest absolute Gasteiger partial charge is 0.315 e. The molecule has 1 atom stereocenters. The van der Waals surface area contributed by atoms with E-state index in [0.717, 1.165) is 17.7 Å². The van der Waals surface area contributed by atoms with Crippen molar-refractivity contribution >= 4 is 11.9 Å². The number of carboxylic acid groups (broad SMARTS) is 1. The number of pyridine rings is 1. The van der Waals surface area contributed by atoms with E-state index in [0.29, 0.717) is 0 Å². The van der Waals surface area contributed by atoms with Crippen molar-refractivity contribution in [3.8, 4) is 0 Å². The summed E-state index contributed by atoms with van der Waals surface area (Å²) < 4.78 is 0. The number of aryl methyl sites for hydroxylation is 1. The summed E-state index contributed by atoms with van der Waals surface area (Å²) in [5.74, 6) is -2.66. The van der Waals surface area contributed by atoms with E-state index in [2.05, 4.69) is 10.3 Å². The lowest BCUT2D eigenvalue weighted by Crippen LogP contribution is -2.33. The maximum atomic E-state index is 11.4. The van der Waals surface area contributed by atoms with Gasteiger partial charge in [0.25, 0.3) is 0 Å². The summed E-state index contributed by atoms with van der Waals surface area (Å²) in [4.78, 5) is 26.1. The van der Waals surface area contributed by atoms with Crippen LogP contribution in [-0.4, -0.2) is 22.0 Å². The SMILES string of the molecule is CCc1ccnc(CNC(=O)C(C)C(=O)O)c1. The molecule has 2 N–H and O–H groups in total. The highest BCUT2D eigenvalue weighted by molar-refractivity contribution is 5.96. The van der Waals surface area contributed by atoms with Crippen LogP contribution in [0.5, 0.6) is 0 Å². The Morgan fingerprint density at radius 2 is 2.24 bits per heavy atom. The Bertz CT molecular complexity index is 418. The zero-order valence-corrected chi connectivity index (χ0v) is 9.93. The molecule has 5 nitrogen and oxygen atoms in total. The van der Waals surface area contributed by atoms with Crippen LogP contribution in [0.3, 0.4) is 0 Å². The van der Waals surface area contributed by atoms with E-state index in [-0.39, 0.29) is 6.54 Å². The third-order valence-electron chi connectivity index (χ3n) is 2.50. The molecule has 0 bridgehead atoms. The van der Waals surface area contributed by atoms with E-state index in [1.54, 1.807) is 6.20 Å². The van der Waals surface area contributed by atoms with Gasteiger partial charge in [0, 0.05) is 6.20 Å². The van der Waals surface area contributed by atoms with E-state index < -0.39 is 17.8 Å². The van der Waals surface area contributed by atoms with Crippen LogP contribution >= 0.6 is 0 Å². The number of aromatic nitrogens is 1. The minimum absolute atomic E-state index is 0.254. The predicted octanol–water partition coefficient (Wildman–Crippen LogP) is 0.981. The van der Waals surface area contributed by atoms with Gasteiger partial charge >= 0.3 is 5.97 Å². The second-order valence-electron chi connectivity index (χ2n) is 3.79. The van der Waals surface area contributed by atoms with Crippen molar-refractivity contribution in [2.75, 3.05) is 0 Å². The van der Waals surface area contributed by atoms with Crippen molar-refractivity contribution in [1.82, 2.24) is 10.3 Å². The molecule has 1 unspecified atom stereocenters. The second kappa shape index (κ2) is 5.98. The highest BCUT2D eigenvalue weighted by Crippen LogP contribution is 2.03. The third-order valence-corrected chi connectivity index (χ3v) is 2.50. The van der Waals surface area contributed by atoms with E-state index in [1.807, 2.05) is 19.1 Å². The Morgan fingerprint density at radius 1 is 1.53 bits per heavy atom. The number of hydrogen-bond acceptors (Lipinski definition) is 3. The molecule has 0 aliphatic carbocycles. The Morgan fingerprint density at radius 3 is 2.82 bits per heavy atom. The molecule has 0 aliphatic heterocycles. The Labute approximate surface area is 99.9 Å². The zero-order valence-electron chi connectivity index (χ0n) is 9.93. The average molecular weight is 236 g/mol. The van der Waals surface area contributed by atoms with Gasteiger partial charge in [0.1, 0.15) is 5.92 Å². The Hall–Kier alpha value is -1.91. The largest absolute Gasteiger partial charge is 0.481 e. The van der Waals surface area contributed by atoms with Gasteiger partial charge in [-0.05, 0) is 31.0 Å². The number of nitrogens with one attached hydrogen (secondary N) is 1. The molecule has 0 aliphatic rings. The Balaban J connectivity index is 2.55. The molecule has 0 aromatic carbocycles. The molecule has 1 amide bonds. The fourth-order valence-corrected chi connectivity index (χ4v) is 1.29. The first-order valence-electron chi connectivity index (χ1n) is 5.49. The van der Waals surface area contributed by atoms with Gasteiger partial charge in [0.05, 0.1) is 12.2 Å². The summed E-state index contributed by atoms with van der Waals surface area (Å²) in [5.41, 5.74) is 1.87. The number of amides is 1. The lowest BCUT2D eigenvalue weighted by molar-refractivity contribution is -0.146. The summed E-state index contributed by atoms with van der Waals surface area (Å²) in [6, 6.07) is 3.80. The molecule has 1 aromatic heterocycles. The number of carbonyl (C=O) groups excluding carboxylic acids is 1. The molecule has 5 heteroatoms. The molecule has 0 saturated heterocycles. The normalized spacial score (nSPS) is 11.9. The number of carboxylic acids is 1. The standard InChI is InChI=1S/C12H16N2O3/c1-3-9-4-5-13-10(6-9)7-14-11(15)8(2)12(16)17/h4-6,8H,3,7H2,1-2H3,(H,14,15)(H,16,17). The van der Waals surface area contributed by atoms with Crippen LogP contribution < -0.4 is 5.32 Å². The monoisotopic (exact) mass is 236 g/mol. The molecule has 92 valence electrons. The zero-order chi connectivity index (χ0) is 12.8. The summed E-state index contributed by atoms with van der Waals surface area (Å²) in [6.45, 7) is 3.64. The van der Waals surface area contributed by atoms with Gasteiger partial charge in [0.15, 0.2) is 0 Å². The van der Waals surface area contributed by atoms with Gasteiger partial charge in [-0.1, -0.05) is 6.92 Å². The summed E-state index contributed by atoms with van der Waals surface area (Å²) in [6.07, 6.45) is 2.58. The van der Waals surface area contributed by atoms with Crippen LogP contribution in [0.2, 0.25) is 0 Å². The molecule has 1 rings (SSSR count). The summed E-state index contributed by atoms with van der Waals surface area (Å²) in [7, 11) is 0. The molecule has 0 radical (unpaired) electrons. The molecular weight excluding hydrogens is 220 g/mol. The van der Waals surface area contributed by atoms with Crippen molar-refractivity contribution in [3.63, 3.8) is 0 Å². The predicted molar refractivity (Wildman–Crippen MR) is 62.3 cm³/mol. The topological polar surface area (TPSA) is 79.3 Å². The first-order valence-corrected chi connectivity index (χ1v) is 5.49.